The van der Waals surface area contributed by atoms with Crippen molar-refractivity contribution in [3.8, 4) is 16.3 Å². The molecular weight excluding hydrogens is 444 g/mol. The van der Waals surface area contributed by atoms with Gasteiger partial charge in [-0.3, -0.25) is 9.59 Å². The van der Waals surface area contributed by atoms with Crippen molar-refractivity contribution in [3.05, 3.63) is 95.0 Å². The summed E-state index contributed by atoms with van der Waals surface area (Å²) >= 11 is 1.57. The van der Waals surface area contributed by atoms with Crippen molar-refractivity contribution >= 4 is 23.2 Å². The minimum atomic E-state index is -0.0491. The number of aryl methyl sites for hydroxylation is 1. The molecule has 0 aliphatic carbocycles. The monoisotopic (exact) mass is 470 g/mol. The summed E-state index contributed by atoms with van der Waals surface area (Å²) in [6, 6.07) is 21.4. The van der Waals surface area contributed by atoms with E-state index >= 15 is 0 Å². The van der Waals surface area contributed by atoms with Gasteiger partial charge in [-0.1, -0.05) is 42.5 Å². The molecule has 1 aliphatic heterocycles. The molecule has 1 N–H and O–H groups in total. The molecule has 0 unspecified atom stereocenters. The highest BCUT2D eigenvalue weighted by molar-refractivity contribution is 7.13. The van der Waals surface area contributed by atoms with Crippen LogP contribution in [0.1, 0.15) is 39.1 Å². The van der Waals surface area contributed by atoms with Crippen molar-refractivity contribution < 1.29 is 9.59 Å². The van der Waals surface area contributed by atoms with E-state index in [0.717, 1.165) is 29.0 Å². The van der Waals surface area contributed by atoms with E-state index in [1.54, 1.807) is 16.0 Å². The van der Waals surface area contributed by atoms with Gasteiger partial charge < -0.3 is 10.2 Å². The third-order valence-corrected chi connectivity index (χ3v) is 7.10. The van der Waals surface area contributed by atoms with E-state index in [1.165, 1.54) is 0 Å². The molecule has 172 valence electrons. The number of amides is 2. The van der Waals surface area contributed by atoms with Crippen LogP contribution in [0.3, 0.4) is 0 Å². The number of nitrogens with one attached hydrogen (secondary N) is 1. The summed E-state index contributed by atoms with van der Waals surface area (Å²) in [5.41, 5.74) is 3.89. The van der Waals surface area contributed by atoms with Gasteiger partial charge >= 0.3 is 0 Å². The highest BCUT2D eigenvalue weighted by atomic mass is 32.1. The Morgan fingerprint density at radius 3 is 2.38 bits per heavy atom. The second kappa shape index (κ2) is 9.65. The van der Waals surface area contributed by atoms with Crippen LogP contribution in [0.15, 0.2) is 78.3 Å². The van der Waals surface area contributed by atoms with Gasteiger partial charge in [0.2, 0.25) is 0 Å². The zero-order chi connectivity index (χ0) is 23.5. The Balaban J connectivity index is 1.30. The number of para-hydroxylation sites is 1. The second-order valence-electron chi connectivity index (χ2n) is 8.50. The van der Waals surface area contributed by atoms with Gasteiger partial charge in [0.05, 0.1) is 16.1 Å². The molecule has 2 aromatic carbocycles. The summed E-state index contributed by atoms with van der Waals surface area (Å²) in [6.07, 6.45) is 3.29. The molecule has 0 saturated carbocycles. The number of rotatable bonds is 5. The maximum absolute atomic E-state index is 13.5. The SMILES string of the molecule is Cc1ccccc1C(=O)NC1CCN(C(=O)c2cn(-c3ccccc3)nc2-c2cccs2)CC1. The predicted octanol–water partition coefficient (Wildman–Crippen LogP) is 4.94. The lowest BCUT2D eigenvalue weighted by Gasteiger charge is -2.32. The first kappa shape index (κ1) is 22.1. The Hall–Kier alpha value is -3.71. The fourth-order valence-electron chi connectivity index (χ4n) is 4.33. The van der Waals surface area contributed by atoms with Gasteiger partial charge in [-0.15, -0.1) is 11.3 Å². The largest absolute Gasteiger partial charge is 0.349 e. The fourth-order valence-corrected chi connectivity index (χ4v) is 5.05. The molecule has 3 heterocycles. The molecule has 1 aliphatic rings. The molecule has 1 saturated heterocycles. The molecule has 5 rings (SSSR count). The minimum absolute atomic E-state index is 0.0192. The van der Waals surface area contributed by atoms with E-state index in [-0.39, 0.29) is 17.9 Å². The van der Waals surface area contributed by atoms with Gasteiger partial charge in [0, 0.05) is 30.9 Å². The molecule has 0 radical (unpaired) electrons. The van der Waals surface area contributed by atoms with E-state index in [2.05, 4.69) is 5.32 Å². The first-order valence-corrected chi connectivity index (χ1v) is 12.3. The summed E-state index contributed by atoms with van der Waals surface area (Å²) in [6.45, 7) is 3.13. The third kappa shape index (κ3) is 4.52. The zero-order valence-corrected chi connectivity index (χ0v) is 19.8. The van der Waals surface area contributed by atoms with E-state index < -0.39 is 0 Å². The van der Waals surface area contributed by atoms with Crippen LogP contribution in [0.2, 0.25) is 0 Å². The molecule has 6 nitrogen and oxygen atoms in total. The van der Waals surface area contributed by atoms with Crippen molar-refractivity contribution in [1.29, 1.82) is 0 Å². The van der Waals surface area contributed by atoms with Gasteiger partial charge in [0.15, 0.2) is 0 Å². The first-order valence-electron chi connectivity index (χ1n) is 11.4. The summed E-state index contributed by atoms with van der Waals surface area (Å²) in [4.78, 5) is 29.1. The average Bonchev–Trinajstić information content (AvgIpc) is 3.55. The first-order chi connectivity index (χ1) is 16.6. The summed E-state index contributed by atoms with van der Waals surface area (Å²) in [5.74, 6) is -0.0683. The quantitative estimate of drug-likeness (QED) is 0.449. The maximum Gasteiger partial charge on any atom is 0.257 e. The Kier molecular flexibility index (Phi) is 6.27. The summed E-state index contributed by atoms with van der Waals surface area (Å²) in [7, 11) is 0. The van der Waals surface area contributed by atoms with Crippen molar-refractivity contribution in [2.45, 2.75) is 25.8 Å². The molecule has 1 fully saturated rings. The highest BCUT2D eigenvalue weighted by Gasteiger charge is 2.28. The van der Waals surface area contributed by atoms with Crippen molar-refractivity contribution in [1.82, 2.24) is 20.0 Å². The molecule has 0 atom stereocenters. The van der Waals surface area contributed by atoms with Crippen LogP contribution >= 0.6 is 11.3 Å². The standard InChI is InChI=1S/C27H26N4O2S/c1-19-8-5-6-11-22(19)26(32)28-20-13-15-30(16-14-20)27(33)23-18-31(21-9-3-2-4-10-21)29-25(23)24-12-7-17-34-24/h2-12,17-18,20H,13-16H2,1H3,(H,28,32). The Bertz CT molecular complexity index is 1290. The number of benzene rings is 2. The van der Waals surface area contributed by atoms with Crippen molar-refractivity contribution in [3.63, 3.8) is 0 Å². The maximum atomic E-state index is 13.5. The van der Waals surface area contributed by atoms with Crippen molar-refractivity contribution in [2.24, 2.45) is 0 Å². The number of carbonyl (C=O) groups excluding carboxylic acids is 2. The lowest BCUT2D eigenvalue weighted by atomic mass is 10.0. The molecule has 0 spiro atoms. The van der Waals surface area contributed by atoms with Crippen LogP contribution in [-0.4, -0.2) is 45.6 Å². The molecule has 0 bridgehead atoms. The number of hydrogen-bond acceptors (Lipinski definition) is 4. The number of hydrogen-bond donors (Lipinski definition) is 1. The molecule has 2 amide bonds. The highest BCUT2D eigenvalue weighted by Crippen LogP contribution is 2.29. The number of piperidine rings is 1. The van der Waals surface area contributed by atoms with Gasteiger partial charge in [-0.25, -0.2) is 4.68 Å². The third-order valence-electron chi connectivity index (χ3n) is 6.23. The lowest BCUT2D eigenvalue weighted by Crippen LogP contribution is -2.46. The number of carbonyl (C=O) groups is 2. The van der Waals surface area contributed by atoms with Crippen molar-refractivity contribution in [2.75, 3.05) is 13.1 Å². The molecular formula is C27H26N4O2S. The number of thiophene rings is 1. The van der Waals surface area contributed by atoms with Crippen LogP contribution in [0.4, 0.5) is 0 Å². The molecule has 7 heteroatoms. The molecule has 4 aromatic rings. The summed E-state index contributed by atoms with van der Waals surface area (Å²) in [5, 5.41) is 9.89. The predicted molar refractivity (Wildman–Crippen MR) is 134 cm³/mol. The van der Waals surface area contributed by atoms with Gasteiger partial charge in [-0.05, 0) is 55.0 Å². The normalized spacial score (nSPS) is 14.2. The molecule has 2 aromatic heterocycles. The Labute approximate surface area is 202 Å². The second-order valence-corrected chi connectivity index (χ2v) is 9.45. The molecule has 34 heavy (non-hydrogen) atoms. The lowest BCUT2D eigenvalue weighted by molar-refractivity contribution is 0.0699. The smallest absolute Gasteiger partial charge is 0.257 e. The number of aromatic nitrogens is 2. The van der Waals surface area contributed by atoms with Crippen LogP contribution < -0.4 is 5.32 Å². The van der Waals surface area contributed by atoms with Gasteiger partial charge in [0.25, 0.3) is 11.8 Å². The number of likely N-dealkylation sites (tertiary alicyclic amines) is 1. The number of nitrogens with zero attached hydrogens (tertiary/aromatic N) is 3. The van der Waals surface area contributed by atoms with Crippen LogP contribution in [-0.2, 0) is 0 Å². The van der Waals surface area contributed by atoms with Crippen LogP contribution in [0.5, 0.6) is 0 Å². The van der Waals surface area contributed by atoms with Crippen LogP contribution in [0.25, 0.3) is 16.3 Å². The van der Waals surface area contributed by atoms with E-state index in [9.17, 15) is 9.59 Å². The van der Waals surface area contributed by atoms with Gasteiger partial charge in [-0.2, -0.15) is 5.10 Å². The minimum Gasteiger partial charge on any atom is -0.349 e. The topological polar surface area (TPSA) is 67.2 Å². The zero-order valence-electron chi connectivity index (χ0n) is 19.0. The average molecular weight is 471 g/mol. The van der Waals surface area contributed by atoms with E-state index in [0.29, 0.717) is 29.9 Å². The van der Waals surface area contributed by atoms with E-state index in [4.69, 9.17) is 5.10 Å². The van der Waals surface area contributed by atoms with Crippen LogP contribution in [0, 0.1) is 6.92 Å². The Morgan fingerprint density at radius 2 is 1.68 bits per heavy atom. The van der Waals surface area contributed by atoms with E-state index in [1.807, 2.05) is 90.1 Å². The fraction of sp³-hybridized carbons (Fsp3) is 0.222. The van der Waals surface area contributed by atoms with Gasteiger partial charge in [0.1, 0.15) is 5.69 Å². The summed E-state index contributed by atoms with van der Waals surface area (Å²) < 4.78 is 1.78. The Morgan fingerprint density at radius 1 is 0.941 bits per heavy atom.